The Bertz CT molecular complexity index is 1050. The molecule has 0 fully saturated rings. The van der Waals surface area contributed by atoms with Crippen LogP contribution in [0.3, 0.4) is 0 Å². The fraction of sp³-hybridized carbons (Fsp3) is 0. The number of imidazole rings is 1. The molecule has 0 saturated carbocycles. The Kier molecular flexibility index (Phi) is 3.36. The average Bonchev–Trinajstić information content (AvgIpc) is 3.21. The number of carboxylic acid groups (broad SMARTS) is 1. The highest BCUT2D eigenvalue weighted by atomic mass is 35.5. The number of H-pyrrole nitrogens is 1. The van der Waals surface area contributed by atoms with Gasteiger partial charge in [0.25, 0.3) is 0 Å². The normalized spacial score (nSPS) is 11.0. The van der Waals surface area contributed by atoms with E-state index in [1.807, 2.05) is 24.3 Å². The van der Waals surface area contributed by atoms with Crippen LogP contribution in [-0.4, -0.2) is 21.0 Å². The lowest BCUT2D eigenvalue weighted by Gasteiger charge is -1.98. The van der Waals surface area contributed by atoms with Gasteiger partial charge in [0.2, 0.25) is 0 Å². The van der Waals surface area contributed by atoms with Gasteiger partial charge in [0, 0.05) is 10.6 Å². The number of fused-ring (bicyclic) bond motifs is 1. The Morgan fingerprint density at radius 2 is 1.79 bits per heavy atom. The van der Waals surface area contributed by atoms with Gasteiger partial charge in [-0.05, 0) is 42.5 Å². The largest absolute Gasteiger partial charge is 0.478 e. The molecule has 4 aromatic rings. The zero-order valence-corrected chi connectivity index (χ0v) is 13.0. The minimum Gasteiger partial charge on any atom is -0.478 e. The molecule has 5 nitrogen and oxygen atoms in total. The third-order valence-corrected chi connectivity index (χ3v) is 3.93. The van der Waals surface area contributed by atoms with Crippen molar-refractivity contribution in [1.29, 1.82) is 0 Å². The van der Waals surface area contributed by atoms with Crippen molar-refractivity contribution in [1.82, 2.24) is 9.97 Å². The highest BCUT2D eigenvalue weighted by Gasteiger charge is 2.12. The predicted octanol–water partition coefficient (Wildman–Crippen LogP) is 4.84. The van der Waals surface area contributed by atoms with Gasteiger partial charge in [-0.25, -0.2) is 9.78 Å². The molecule has 0 spiro atoms. The summed E-state index contributed by atoms with van der Waals surface area (Å²) in [5, 5.41) is 9.58. The lowest BCUT2D eigenvalue weighted by Crippen LogP contribution is -1.94. The van der Waals surface area contributed by atoms with E-state index in [1.54, 1.807) is 30.3 Å². The van der Waals surface area contributed by atoms with Gasteiger partial charge < -0.3 is 14.5 Å². The predicted molar refractivity (Wildman–Crippen MR) is 91.2 cm³/mol. The molecule has 6 heteroatoms. The van der Waals surface area contributed by atoms with Gasteiger partial charge in [-0.2, -0.15) is 0 Å². The lowest BCUT2D eigenvalue weighted by molar-refractivity contribution is 0.0697. The van der Waals surface area contributed by atoms with Crippen molar-refractivity contribution < 1.29 is 14.3 Å². The maximum atomic E-state index is 10.9. The molecule has 0 saturated heterocycles. The number of nitrogens with zero attached hydrogens (tertiary/aromatic N) is 1. The minimum atomic E-state index is -0.956. The van der Waals surface area contributed by atoms with Crippen LogP contribution in [0.4, 0.5) is 0 Å². The number of halogens is 1. The second-order valence-electron chi connectivity index (χ2n) is 5.29. The summed E-state index contributed by atoms with van der Waals surface area (Å²) in [5.74, 6) is 0.892. The van der Waals surface area contributed by atoms with Crippen LogP contribution in [0.1, 0.15) is 10.4 Å². The van der Waals surface area contributed by atoms with Gasteiger partial charge in [-0.1, -0.05) is 23.7 Å². The van der Waals surface area contributed by atoms with Gasteiger partial charge in [0.05, 0.1) is 16.6 Å². The SMILES string of the molecule is O=C(O)c1ccc(-c2ccc(-c3nc4ccc(Cl)cc4[nH]3)o2)cc1. The molecule has 0 atom stereocenters. The number of hydrogen-bond donors (Lipinski definition) is 2. The number of aromatic carboxylic acids is 1. The van der Waals surface area contributed by atoms with E-state index < -0.39 is 5.97 Å². The van der Waals surface area contributed by atoms with Crippen LogP contribution in [0.15, 0.2) is 59.0 Å². The first kappa shape index (κ1) is 14.5. The van der Waals surface area contributed by atoms with E-state index in [0.29, 0.717) is 22.4 Å². The summed E-state index contributed by atoms with van der Waals surface area (Å²) in [4.78, 5) is 18.6. The van der Waals surface area contributed by atoms with Crippen LogP contribution in [0.2, 0.25) is 5.02 Å². The van der Waals surface area contributed by atoms with Crippen LogP contribution in [0.25, 0.3) is 33.9 Å². The van der Waals surface area contributed by atoms with Gasteiger partial charge in [-0.3, -0.25) is 0 Å². The Hall–Kier alpha value is -3.05. The molecule has 0 radical (unpaired) electrons. The summed E-state index contributed by atoms with van der Waals surface area (Å²) in [6.45, 7) is 0. The summed E-state index contributed by atoms with van der Waals surface area (Å²) in [7, 11) is 0. The van der Waals surface area contributed by atoms with Gasteiger partial charge >= 0.3 is 5.97 Å². The van der Waals surface area contributed by atoms with Crippen LogP contribution >= 0.6 is 11.6 Å². The molecule has 0 aliphatic rings. The quantitative estimate of drug-likeness (QED) is 0.560. The van der Waals surface area contributed by atoms with E-state index >= 15 is 0 Å². The van der Waals surface area contributed by atoms with Crippen LogP contribution < -0.4 is 0 Å². The first-order valence-corrected chi connectivity index (χ1v) is 7.57. The number of aromatic nitrogens is 2. The van der Waals surface area contributed by atoms with Gasteiger partial charge in [-0.15, -0.1) is 0 Å². The molecule has 2 aromatic heterocycles. The van der Waals surface area contributed by atoms with Crippen molar-refractivity contribution in [2.45, 2.75) is 0 Å². The molecule has 2 heterocycles. The monoisotopic (exact) mass is 338 g/mol. The van der Waals surface area contributed by atoms with E-state index in [4.69, 9.17) is 21.1 Å². The van der Waals surface area contributed by atoms with Crippen molar-refractivity contribution >= 4 is 28.6 Å². The number of nitrogens with one attached hydrogen (secondary N) is 1. The van der Waals surface area contributed by atoms with Gasteiger partial charge in [0.1, 0.15) is 5.76 Å². The molecular weight excluding hydrogens is 328 g/mol. The van der Waals surface area contributed by atoms with Gasteiger partial charge in [0.15, 0.2) is 11.6 Å². The molecule has 0 aliphatic carbocycles. The summed E-state index contributed by atoms with van der Waals surface area (Å²) in [6.07, 6.45) is 0. The third-order valence-electron chi connectivity index (χ3n) is 3.70. The molecule has 2 aromatic carbocycles. The number of hydrogen-bond acceptors (Lipinski definition) is 3. The van der Waals surface area contributed by atoms with Crippen molar-refractivity contribution in [3.63, 3.8) is 0 Å². The Morgan fingerprint density at radius 1 is 1.04 bits per heavy atom. The number of aromatic amines is 1. The van der Waals surface area contributed by atoms with Crippen LogP contribution in [0, 0.1) is 0 Å². The highest BCUT2D eigenvalue weighted by Crippen LogP contribution is 2.29. The number of furan rings is 1. The van der Waals surface area contributed by atoms with E-state index in [2.05, 4.69) is 9.97 Å². The van der Waals surface area contributed by atoms with Crippen LogP contribution in [-0.2, 0) is 0 Å². The van der Waals surface area contributed by atoms with Crippen molar-refractivity contribution in [2.24, 2.45) is 0 Å². The average molecular weight is 339 g/mol. The second kappa shape index (κ2) is 5.54. The maximum absolute atomic E-state index is 10.9. The molecule has 0 aliphatic heterocycles. The molecule has 4 rings (SSSR count). The zero-order valence-electron chi connectivity index (χ0n) is 12.3. The van der Waals surface area contributed by atoms with E-state index in [0.717, 1.165) is 16.6 Å². The van der Waals surface area contributed by atoms with Crippen LogP contribution in [0.5, 0.6) is 0 Å². The standard InChI is InChI=1S/C18H11ClN2O3/c19-12-5-6-13-14(9-12)21-17(20-13)16-8-7-15(24-16)10-1-3-11(4-2-10)18(22)23/h1-9H,(H,20,21)(H,22,23). The minimum absolute atomic E-state index is 0.236. The number of carbonyl (C=O) groups is 1. The first-order valence-electron chi connectivity index (χ1n) is 7.19. The second-order valence-corrected chi connectivity index (χ2v) is 5.73. The molecule has 0 amide bonds. The van der Waals surface area contributed by atoms with E-state index in [9.17, 15) is 4.79 Å². The molecule has 0 bridgehead atoms. The smallest absolute Gasteiger partial charge is 0.335 e. The lowest BCUT2D eigenvalue weighted by atomic mass is 10.1. The van der Waals surface area contributed by atoms with E-state index in [-0.39, 0.29) is 5.56 Å². The Morgan fingerprint density at radius 3 is 2.54 bits per heavy atom. The topological polar surface area (TPSA) is 79.1 Å². The van der Waals surface area contributed by atoms with Crippen molar-refractivity contribution in [3.8, 4) is 22.9 Å². The molecule has 24 heavy (non-hydrogen) atoms. The molecular formula is C18H11ClN2O3. The molecule has 2 N–H and O–H groups in total. The Labute approximate surface area is 141 Å². The fourth-order valence-electron chi connectivity index (χ4n) is 2.50. The summed E-state index contributed by atoms with van der Waals surface area (Å²) >= 11 is 5.98. The van der Waals surface area contributed by atoms with Crippen molar-refractivity contribution in [3.05, 3.63) is 65.2 Å². The zero-order chi connectivity index (χ0) is 16.7. The molecule has 118 valence electrons. The Balaban J connectivity index is 1.69. The third kappa shape index (κ3) is 2.55. The fourth-order valence-corrected chi connectivity index (χ4v) is 2.67. The first-order chi connectivity index (χ1) is 11.6. The van der Waals surface area contributed by atoms with E-state index in [1.165, 1.54) is 0 Å². The number of benzene rings is 2. The van der Waals surface area contributed by atoms with Crippen molar-refractivity contribution in [2.75, 3.05) is 0 Å². The summed E-state index contributed by atoms with van der Waals surface area (Å²) < 4.78 is 5.84. The number of rotatable bonds is 3. The summed E-state index contributed by atoms with van der Waals surface area (Å²) in [6, 6.07) is 15.6. The molecule has 0 unspecified atom stereocenters. The number of carboxylic acids is 1. The summed E-state index contributed by atoms with van der Waals surface area (Å²) in [5.41, 5.74) is 2.67. The maximum Gasteiger partial charge on any atom is 0.335 e. The highest BCUT2D eigenvalue weighted by molar-refractivity contribution is 6.31.